The van der Waals surface area contributed by atoms with E-state index < -0.39 is 10.0 Å². The van der Waals surface area contributed by atoms with Crippen LogP contribution in [0.4, 0.5) is 0 Å². The molecule has 25 heavy (non-hydrogen) atoms. The predicted molar refractivity (Wildman–Crippen MR) is 100 cm³/mol. The summed E-state index contributed by atoms with van der Waals surface area (Å²) < 4.78 is 28.1. The molecule has 2 fully saturated rings. The third-order valence-corrected chi connectivity index (χ3v) is 7.00. The van der Waals surface area contributed by atoms with Crippen molar-refractivity contribution in [2.75, 3.05) is 27.2 Å². The van der Waals surface area contributed by atoms with Gasteiger partial charge >= 0.3 is 0 Å². The van der Waals surface area contributed by atoms with Crippen LogP contribution in [0.3, 0.4) is 0 Å². The summed E-state index contributed by atoms with van der Waals surface area (Å²) in [5.74, 6) is -0.123. The van der Waals surface area contributed by atoms with Gasteiger partial charge in [-0.3, -0.25) is 4.79 Å². The second-order valence-electron chi connectivity index (χ2n) is 7.05. The highest BCUT2D eigenvalue weighted by Gasteiger charge is 2.30. The fraction of sp³-hybridized carbons (Fsp3) is 0.588. The molecule has 1 saturated carbocycles. The van der Waals surface area contributed by atoms with Crippen LogP contribution in [0.1, 0.15) is 36.0 Å². The second kappa shape index (κ2) is 7.34. The first kappa shape index (κ1) is 18.8. The summed E-state index contributed by atoms with van der Waals surface area (Å²) in [7, 11) is 0.464. The molecule has 0 bridgehead atoms. The number of carbonyl (C=O) groups is 1. The summed E-state index contributed by atoms with van der Waals surface area (Å²) in [6.07, 6.45) is 3.77. The summed E-state index contributed by atoms with van der Waals surface area (Å²) in [5, 5.41) is 0. The smallest absolute Gasteiger partial charge is 0.255 e. The Balaban J connectivity index is 1.83. The van der Waals surface area contributed by atoms with Gasteiger partial charge in [0.1, 0.15) is 0 Å². The van der Waals surface area contributed by atoms with Gasteiger partial charge in [-0.15, -0.1) is 0 Å². The number of hydrogen-bond acceptors (Lipinski definition) is 4. The minimum absolute atomic E-state index is 0.0377. The predicted octanol–water partition coefficient (Wildman–Crippen LogP) is 2.06. The maximum absolute atomic E-state index is 13.0. The fourth-order valence-corrected chi connectivity index (χ4v) is 4.80. The van der Waals surface area contributed by atoms with Crippen molar-refractivity contribution in [1.82, 2.24) is 14.5 Å². The Labute approximate surface area is 157 Å². The molecule has 1 aromatic rings. The molecular weight excluding hydrogens is 406 g/mol. The van der Waals surface area contributed by atoms with Gasteiger partial charge in [-0.25, -0.2) is 13.1 Å². The van der Waals surface area contributed by atoms with Crippen molar-refractivity contribution in [2.24, 2.45) is 0 Å². The highest BCUT2D eigenvalue weighted by Crippen LogP contribution is 2.26. The number of sulfonamides is 1. The Kier molecular flexibility index (Phi) is 5.53. The van der Waals surface area contributed by atoms with Gasteiger partial charge in [-0.1, -0.05) is 0 Å². The lowest BCUT2D eigenvalue weighted by Crippen LogP contribution is -2.47. The van der Waals surface area contributed by atoms with E-state index in [0.29, 0.717) is 29.2 Å². The molecule has 138 valence electrons. The number of likely N-dealkylation sites (N-methyl/N-ethyl adjacent to an activating group) is 1. The summed E-state index contributed by atoms with van der Waals surface area (Å²) in [6, 6.07) is 5.03. The molecule has 8 heteroatoms. The first-order valence-corrected chi connectivity index (χ1v) is 10.8. The normalized spacial score (nSPS) is 21.6. The summed E-state index contributed by atoms with van der Waals surface area (Å²) in [4.78, 5) is 17.1. The van der Waals surface area contributed by atoms with Gasteiger partial charge in [-0.05, 0) is 73.9 Å². The molecule has 1 atom stereocenters. The first-order chi connectivity index (χ1) is 11.8. The Morgan fingerprint density at radius 2 is 2.00 bits per heavy atom. The fourth-order valence-electron chi connectivity index (χ4n) is 3.06. The van der Waals surface area contributed by atoms with E-state index in [0.717, 1.165) is 25.7 Å². The molecule has 6 nitrogen and oxygen atoms in total. The van der Waals surface area contributed by atoms with Crippen LogP contribution in [0.5, 0.6) is 0 Å². The van der Waals surface area contributed by atoms with Crippen molar-refractivity contribution in [3.63, 3.8) is 0 Å². The number of nitrogens with zero attached hydrogens (tertiary/aromatic N) is 2. The van der Waals surface area contributed by atoms with E-state index in [2.05, 4.69) is 25.6 Å². The average molecular weight is 430 g/mol. The van der Waals surface area contributed by atoms with E-state index in [4.69, 9.17) is 0 Å². The second-order valence-corrected chi connectivity index (χ2v) is 9.62. The number of carbonyl (C=O) groups excluding carboxylic acids is 1. The number of piperidine rings is 1. The lowest BCUT2D eigenvalue weighted by molar-refractivity contribution is 0.0634. The van der Waals surface area contributed by atoms with Crippen molar-refractivity contribution in [1.29, 1.82) is 0 Å². The molecule has 1 aromatic carbocycles. The lowest BCUT2D eigenvalue weighted by Gasteiger charge is -2.36. The van der Waals surface area contributed by atoms with Crippen LogP contribution in [0.2, 0.25) is 0 Å². The van der Waals surface area contributed by atoms with Crippen molar-refractivity contribution >= 4 is 31.9 Å². The Morgan fingerprint density at radius 1 is 1.28 bits per heavy atom. The van der Waals surface area contributed by atoms with Crippen molar-refractivity contribution in [3.05, 3.63) is 28.2 Å². The van der Waals surface area contributed by atoms with Gasteiger partial charge < -0.3 is 9.80 Å². The quantitative estimate of drug-likeness (QED) is 0.777. The molecule has 1 heterocycles. The zero-order chi connectivity index (χ0) is 18.2. The van der Waals surface area contributed by atoms with Gasteiger partial charge in [0.2, 0.25) is 10.0 Å². The lowest BCUT2D eigenvalue weighted by atomic mass is 10.0. The van der Waals surface area contributed by atoms with Crippen molar-refractivity contribution < 1.29 is 13.2 Å². The molecule has 1 aliphatic heterocycles. The van der Waals surface area contributed by atoms with Crippen LogP contribution in [-0.4, -0.2) is 63.4 Å². The van der Waals surface area contributed by atoms with Crippen LogP contribution in [0.25, 0.3) is 0 Å². The number of benzene rings is 1. The number of nitrogens with one attached hydrogen (secondary N) is 1. The van der Waals surface area contributed by atoms with E-state index in [1.165, 1.54) is 12.1 Å². The van der Waals surface area contributed by atoms with Gasteiger partial charge in [0.25, 0.3) is 5.91 Å². The van der Waals surface area contributed by atoms with Crippen LogP contribution >= 0.6 is 15.9 Å². The third-order valence-electron chi connectivity index (χ3n) is 4.79. The number of hydrogen-bond donors (Lipinski definition) is 1. The van der Waals surface area contributed by atoms with Crippen molar-refractivity contribution in [3.8, 4) is 0 Å². The molecule has 1 N–H and O–H groups in total. The number of likely N-dealkylation sites (tertiary alicyclic amines) is 1. The maximum Gasteiger partial charge on any atom is 0.255 e. The highest BCUT2D eigenvalue weighted by atomic mass is 79.9. The molecule has 3 rings (SSSR count). The molecule has 0 aromatic heterocycles. The molecule has 1 unspecified atom stereocenters. The van der Waals surface area contributed by atoms with E-state index in [1.807, 2.05) is 19.0 Å². The Hall–Kier alpha value is -0.960. The highest BCUT2D eigenvalue weighted by molar-refractivity contribution is 9.10. The van der Waals surface area contributed by atoms with Gasteiger partial charge in [0.05, 0.1) is 10.5 Å². The summed E-state index contributed by atoms with van der Waals surface area (Å²) in [5.41, 5.74) is 0.401. The van der Waals surface area contributed by atoms with E-state index >= 15 is 0 Å². The van der Waals surface area contributed by atoms with E-state index in [1.54, 1.807) is 6.07 Å². The maximum atomic E-state index is 13.0. The van der Waals surface area contributed by atoms with E-state index in [9.17, 15) is 13.2 Å². The standard InChI is InChI=1S/C17H24BrN3O3S/c1-20(2)13-4-3-9-21(11-13)17(22)15-10-14(7-8-16(15)18)25(23,24)19-12-5-6-12/h7-8,10,12-13,19H,3-6,9,11H2,1-2H3. The van der Waals surface area contributed by atoms with Crippen LogP contribution < -0.4 is 4.72 Å². The first-order valence-electron chi connectivity index (χ1n) is 8.55. The molecule has 1 saturated heterocycles. The zero-order valence-electron chi connectivity index (χ0n) is 14.5. The Morgan fingerprint density at radius 3 is 2.64 bits per heavy atom. The molecule has 0 spiro atoms. The van der Waals surface area contributed by atoms with Crippen molar-refractivity contribution in [2.45, 2.75) is 42.7 Å². The molecular formula is C17H24BrN3O3S. The molecule has 2 aliphatic rings. The summed E-state index contributed by atoms with van der Waals surface area (Å²) in [6.45, 7) is 1.36. The molecule has 0 radical (unpaired) electrons. The largest absolute Gasteiger partial charge is 0.337 e. The van der Waals surface area contributed by atoms with Crippen LogP contribution in [0, 0.1) is 0 Å². The molecule has 1 aliphatic carbocycles. The number of amides is 1. The van der Waals surface area contributed by atoms with Gasteiger partial charge in [-0.2, -0.15) is 0 Å². The van der Waals surface area contributed by atoms with Crippen LogP contribution in [-0.2, 0) is 10.0 Å². The van der Waals surface area contributed by atoms with Crippen LogP contribution in [0.15, 0.2) is 27.6 Å². The SMILES string of the molecule is CN(C)C1CCCN(C(=O)c2cc(S(=O)(=O)NC3CC3)ccc2Br)C1. The van der Waals surface area contributed by atoms with Gasteiger partial charge in [0, 0.05) is 29.6 Å². The monoisotopic (exact) mass is 429 g/mol. The molecule has 1 amide bonds. The minimum atomic E-state index is -3.57. The third kappa shape index (κ3) is 4.42. The number of rotatable bonds is 5. The topological polar surface area (TPSA) is 69.7 Å². The summed E-state index contributed by atoms with van der Waals surface area (Å²) >= 11 is 3.40. The minimum Gasteiger partial charge on any atom is -0.337 e. The number of halogens is 1. The average Bonchev–Trinajstić information content (AvgIpc) is 3.37. The van der Waals surface area contributed by atoms with E-state index in [-0.39, 0.29) is 16.8 Å². The zero-order valence-corrected chi connectivity index (χ0v) is 16.9. The van der Waals surface area contributed by atoms with Gasteiger partial charge in [0.15, 0.2) is 0 Å². The Bertz CT molecular complexity index is 762.